The van der Waals surface area contributed by atoms with Gasteiger partial charge in [0, 0.05) is 4.47 Å². The number of nitrogens with zero attached hydrogens (tertiary/aromatic N) is 1. The number of likely N-dealkylation sites (tertiary alicyclic amines) is 1. The maximum atomic E-state index is 11.8. The Morgan fingerprint density at radius 1 is 1.28 bits per heavy atom. The molecular formula is C13H12BrNO3. The van der Waals surface area contributed by atoms with E-state index in [1.165, 1.54) is 4.90 Å². The van der Waals surface area contributed by atoms with Crippen molar-refractivity contribution < 1.29 is 14.7 Å². The zero-order valence-corrected chi connectivity index (χ0v) is 11.1. The summed E-state index contributed by atoms with van der Waals surface area (Å²) in [6.07, 6.45) is -0.148. The van der Waals surface area contributed by atoms with E-state index in [1.54, 1.807) is 6.07 Å². The monoisotopic (exact) mass is 309 g/mol. The molecule has 1 saturated heterocycles. The Balaban J connectivity index is 1.76. The third kappa shape index (κ3) is 1.78. The molecule has 3 atom stereocenters. The largest absolute Gasteiger partial charge is 0.386 e. The van der Waals surface area contributed by atoms with Gasteiger partial charge in [-0.3, -0.25) is 14.5 Å². The molecule has 2 amide bonds. The first-order valence-corrected chi connectivity index (χ1v) is 6.66. The van der Waals surface area contributed by atoms with Crippen LogP contribution in [0.15, 0.2) is 28.7 Å². The van der Waals surface area contributed by atoms with Gasteiger partial charge in [-0.15, -0.1) is 0 Å². The number of amides is 2. The Morgan fingerprint density at radius 3 is 2.50 bits per heavy atom. The highest BCUT2D eigenvalue weighted by Crippen LogP contribution is 2.47. The molecule has 5 heteroatoms. The van der Waals surface area contributed by atoms with E-state index in [9.17, 15) is 14.7 Å². The standard InChI is InChI=1S/C13H12BrNO3/c14-10-4-2-1-3-7(10)11(16)6-15-12(17)8-5-9(8)13(15)18/h1-4,8-9,11,16H,5-6H2. The first-order valence-electron chi connectivity index (χ1n) is 5.87. The summed E-state index contributed by atoms with van der Waals surface area (Å²) in [5.41, 5.74) is 0.693. The second-order valence-corrected chi connectivity index (χ2v) is 5.63. The SMILES string of the molecule is O=C1C2CC2C(=O)N1CC(O)c1ccccc1Br. The van der Waals surface area contributed by atoms with Crippen molar-refractivity contribution in [3.8, 4) is 0 Å². The fraction of sp³-hybridized carbons (Fsp3) is 0.385. The van der Waals surface area contributed by atoms with Gasteiger partial charge in [0.25, 0.3) is 0 Å². The highest BCUT2D eigenvalue weighted by molar-refractivity contribution is 9.10. The predicted octanol–water partition coefficient (Wildman–Crippen LogP) is 1.49. The van der Waals surface area contributed by atoms with E-state index in [1.807, 2.05) is 18.2 Å². The number of halogens is 1. The average Bonchev–Trinajstić information content (AvgIpc) is 3.10. The average molecular weight is 310 g/mol. The van der Waals surface area contributed by atoms with Crippen molar-refractivity contribution >= 4 is 27.7 Å². The van der Waals surface area contributed by atoms with Crippen LogP contribution in [-0.4, -0.2) is 28.4 Å². The van der Waals surface area contributed by atoms with Crippen molar-refractivity contribution in [3.63, 3.8) is 0 Å². The van der Waals surface area contributed by atoms with Crippen LogP contribution in [0.2, 0.25) is 0 Å². The van der Waals surface area contributed by atoms with Crippen LogP contribution in [0.1, 0.15) is 18.1 Å². The van der Waals surface area contributed by atoms with Gasteiger partial charge in [0.2, 0.25) is 11.8 Å². The lowest BCUT2D eigenvalue weighted by molar-refractivity contribution is -0.143. The van der Waals surface area contributed by atoms with Gasteiger partial charge in [-0.05, 0) is 18.1 Å². The Kier molecular flexibility index (Phi) is 2.75. The normalized spacial score (nSPS) is 27.3. The molecule has 1 N–H and O–H groups in total. The number of aliphatic hydroxyl groups is 1. The molecule has 1 aromatic rings. The quantitative estimate of drug-likeness (QED) is 0.861. The molecule has 1 heterocycles. The van der Waals surface area contributed by atoms with E-state index in [4.69, 9.17) is 0 Å². The van der Waals surface area contributed by atoms with Crippen molar-refractivity contribution in [2.75, 3.05) is 6.54 Å². The third-order valence-electron chi connectivity index (χ3n) is 3.58. The minimum Gasteiger partial charge on any atom is -0.386 e. The lowest BCUT2D eigenvalue weighted by Crippen LogP contribution is -2.36. The zero-order valence-electron chi connectivity index (χ0n) is 9.54. The van der Waals surface area contributed by atoms with Crippen molar-refractivity contribution in [1.82, 2.24) is 4.90 Å². The van der Waals surface area contributed by atoms with Crippen LogP contribution >= 0.6 is 15.9 Å². The van der Waals surface area contributed by atoms with E-state index in [-0.39, 0.29) is 30.2 Å². The first kappa shape index (κ1) is 11.9. The number of β-amino-alcohol motifs (C(OH)–C–C–N with tert-alkyl or cyclic N) is 1. The lowest BCUT2D eigenvalue weighted by atomic mass is 10.1. The van der Waals surface area contributed by atoms with Gasteiger partial charge in [0.15, 0.2) is 0 Å². The molecule has 18 heavy (non-hydrogen) atoms. The summed E-state index contributed by atoms with van der Waals surface area (Å²) in [7, 11) is 0. The molecular weight excluding hydrogens is 298 g/mol. The van der Waals surface area contributed by atoms with Gasteiger partial charge in [0.1, 0.15) is 0 Å². The molecule has 4 nitrogen and oxygen atoms in total. The van der Waals surface area contributed by atoms with E-state index in [0.717, 1.165) is 4.47 Å². The van der Waals surface area contributed by atoms with E-state index in [0.29, 0.717) is 12.0 Å². The van der Waals surface area contributed by atoms with E-state index >= 15 is 0 Å². The van der Waals surface area contributed by atoms with E-state index in [2.05, 4.69) is 15.9 Å². The first-order chi connectivity index (χ1) is 8.59. The molecule has 3 rings (SSSR count). The third-order valence-corrected chi connectivity index (χ3v) is 4.30. The number of carbonyl (C=O) groups excluding carboxylic acids is 2. The van der Waals surface area contributed by atoms with Gasteiger partial charge < -0.3 is 5.11 Å². The molecule has 0 radical (unpaired) electrons. The fourth-order valence-electron chi connectivity index (χ4n) is 2.45. The Morgan fingerprint density at radius 2 is 1.89 bits per heavy atom. The zero-order chi connectivity index (χ0) is 12.9. The Hall–Kier alpha value is -1.20. The molecule has 1 saturated carbocycles. The number of hydrogen-bond donors (Lipinski definition) is 1. The highest BCUT2D eigenvalue weighted by atomic mass is 79.9. The van der Waals surface area contributed by atoms with Gasteiger partial charge >= 0.3 is 0 Å². The van der Waals surface area contributed by atoms with Gasteiger partial charge in [-0.25, -0.2) is 0 Å². The highest BCUT2D eigenvalue weighted by Gasteiger charge is 2.58. The number of imide groups is 1. The molecule has 1 aromatic carbocycles. The van der Waals surface area contributed by atoms with Crippen molar-refractivity contribution in [2.24, 2.45) is 11.8 Å². The predicted molar refractivity (Wildman–Crippen MR) is 67.4 cm³/mol. The van der Waals surface area contributed by atoms with Crippen LogP contribution in [0.3, 0.4) is 0 Å². The molecule has 1 aliphatic heterocycles. The molecule has 2 aliphatic rings. The van der Waals surface area contributed by atoms with Crippen molar-refractivity contribution in [1.29, 1.82) is 0 Å². The number of fused-ring (bicyclic) bond motifs is 1. The molecule has 0 bridgehead atoms. The topological polar surface area (TPSA) is 57.6 Å². The van der Waals surface area contributed by atoms with Crippen LogP contribution in [0.5, 0.6) is 0 Å². The maximum Gasteiger partial charge on any atom is 0.233 e. The second kappa shape index (κ2) is 4.17. The summed E-state index contributed by atoms with van der Waals surface area (Å²) in [4.78, 5) is 24.8. The van der Waals surface area contributed by atoms with Crippen molar-refractivity contribution in [2.45, 2.75) is 12.5 Å². The molecule has 94 valence electrons. The molecule has 0 aromatic heterocycles. The van der Waals surface area contributed by atoms with E-state index < -0.39 is 6.10 Å². The molecule has 3 unspecified atom stereocenters. The molecule has 2 fully saturated rings. The molecule has 1 aliphatic carbocycles. The molecule has 0 spiro atoms. The maximum absolute atomic E-state index is 11.8. The van der Waals surface area contributed by atoms with Crippen LogP contribution in [0.4, 0.5) is 0 Å². The summed E-state index contributed by atoms with van der Waals surface area (Å²) >= 11 is 3.35. The van der Waals surface area contributed by atoms with Gasteiger partial charge in [-0.2, -0.15) is 0 Å². The van der Waals surface area contributed by atoms with Gasteiger partial charge in [0.05, 0.1) is 24.5 Å². The van der Waals surface area contributed by atoms with Crippen LogP contribution in [-0.2, 0) is 9.59 Å². The second-order valence-electron chi connectivity index (χ2n) is 4.77. The Labute approximate surface area is 113 Å². The van der Waals surface area contributed by atoms with Gasteiger partial charge in [-0.1, -0.05) is 34.1 Å². The number of rotatable bonds is 3. The summed E-state index contributed by atoms with van der Waals surface area (Å²) < 4.78 is 0.779. The van der Waals surface area contributed by atoms with Crippen LogP contribution < -0.4 is 0 Å². The Bertz CT molecular complexity index is 511. The number of piperidine rings is 1. The summed E-state index contributed by atoms with van der Waals surface area (Å²) in [5, 5.41) is 10.1. The summed E-state index contributed by atoms with van der Waals surface area (Å²) in [6.45, 7) is 0.0489. The lowest BCUT2D eigenvalue weighted by Gasteiger charge is -2.21. The summed E-state index contributed by atoms with van der Waals surface area (Å²) in [6, 6.07) is 7.26. The fourth-order valence-corrected chi connectivity index (χ4v) is 3.00. The number of benzene rings is 1. The number of hydrogen-bond acceptors (Lipinski definition) is 3. The smallest absolute Gasteiger partial charge is 0.233 e. The number of aliphatic hydroxyl groups excluding tert-OH is 1. The minimum absolute atomic E-state index is 0.0489. The van der Waals surface area contributed by atoms with Crippen LogP contribution in [0.25, 0.3) is 0 Å². The van der Waals surface area contributed by atoms with Crippen LogP contribution in [0, 0.1) is 11.8 Å². The van der Waals surface area contributed by atoms with Crippen molar-refractivity contribution in [3.05, 3.63) is 34.3 Å². The number of carbonyl (C=O) groups is 2. The summed E-state index contributed by atoms with van der Waals surface area (Å²) in [5.74, 6) is -0.472. The minimum atomic E-state index is -0.842.